The first kappa shape index (κ1) is 16.2. The van der Waals surface area contributed by atoms with Crippen LogP contribution < -0.4 is 5.32 Å². The molecule has 2 aromatic heterocycles. The standard InChI is InChI=1S/C16H21N5O3/c1-16(2,15(23)24)20-10-11(9-18-20)19-14(22)13-7-8-17-21(13)12-5-3-4-6-12/h7-10,12H,3-6H2,1-2H3,(H,19,22)(H,23,24). The van der Waals surface area contributed by atoms with Gasteiger partial charge in [-0.15, -0.1) is 0 Å². The number of aliphatic carboxylic acids is 1. The number of aromatic nitrogens is 4. The van der Waals surface area contributed by atoms with Crippen LogP contribution in [0.2, 0.25) is 0 Å². The van der Waals surface area contributed by atoms with Gasteiger partial charge in [0.05, 0.1) is 17.9 Å². The molecule has 8 heteroatoms. The lowest BCUT2D eigenvalue weighted by atomic mass is 10.1. The van der Waals surface area contributed by atoms with E-state index in [0.29, 0.717) is 11.4 Å². The fraction of sp³-hybridized carbons (Fsp3) is 0.500. The van der Waals surface area contributed by atoms with Gasteiger partial charge in [0.25, 0.3) is 5.91 Å². The van der Waals surface area contributed by atoms with Crippen molar-refractivity contribution in [3.8, 4) is 0 Å². The molecule has 128 valence electrons. The van der Waals surface area contributed by atoms with Crippen molar-refractivity contribution in [2.75, 3.05) is 5.32 Å². The molecule has 0 aliphatic heterocycles. The molecule has 0 unspecified atom stereocenters. The highest BCUT2D eigenvalue weighted by Gasteiger charge is 2.30. The van der Waals surface area contributed by atoms with E-state index in [9.17, 15) is 14.7 Å². The molecule has 3 rings (SSSR count). The first-order valence-corrected chi connectivity index (χ1v) is 8.03. The van der Waals surface area contributed by atoms with Crippen LogP contribution in [0, 0.1) is 0 Å². The van der Waals surface area contributed by atoms with E-state index in [0.717, 1.165) is 25.7 Å². The third-order valence-electron chi connectivity index (χ3n) is 4.51. The highest BCUT2D eigenvalue weighted by atomic mass is 16.4. The maximum absolute atomic E-state index is 12.5. The summed E-state index contributed by atoms with van der Waals surface area (Å²) in [7, 11) is 0. The fourth-order valence-electron chi connectivity index (χ4n) is 2.92. The van der Waals surface area contributed by atoms with E-state index in [1.54, 1.807) is 30.8 Å². The Kier molecular flexibility index (Phi) is 4.13. The summed E-state index contributed by atoms with van der Waals surface area (Å²) in [5, 5.41) is 20.3. The largest absolute Gasteiger partial charge is 0.479 e. The lowest BCUT2D eigenvalue weighted by molar-refractivity contribution is -0.146. The first-order valence-electron chi connectivity index (χ1n) is 8.03. The second kappa shape index (κ2) is 6.10. The van der Waals surface area contributed by atoms with Crippen molar-refractivity contribution in [3.05, 3.63) is 30.4 Å². The molecule has 2 heterocycles. The van der Waals surface area contributed by atoms with E-state index in [1.807, 2.05) is 0 Å². The Balaban J connectivity index is 1.76. The molecule has 1 fully saturated rings. The van der Waals surface area contributed by atoms with Crippen LogP contribution in [0.5, 0.6) is 0 Å². The van der Waals surface area contributed by atoms with Crippen molar-refractivity contribution in [1.82, 2.24) is 19.6 Å². The zero-order chi connectivity index (χ0) is 17.3. The van der Waals surface area contributed by atoms with Crippen LogP contribution in [-0.2, 0) is 10.3 Å². The predicted octanol–water partition coefficient (Wildman–Crippen LogP) is 2.27. The number of hydrogen-bond acceptors (Lipinski definition) is 4. The summed E-state index contributed by atoms with van der Waals surface area (Å²) >= 11 is 0. The highest BCUT2D eigenvalue weighted by Crippen LogP contribution is 2.30. The molecule has 2 aromatic rings. The summed E-state index contributed by atoms with van der Waals surface area (Å²) in [5.41, 5.74) is -0.227. The maximum Gasteiger partial charge on any atom is 0.331 e. The number of carboxylic acids is 1. The van der Waals surface area contributed by atoms with Crippen molar-refractivity contribution in [1.29, 1.82) is 0 Å². The number of anilines is 1. The van der Waals surface area contributed by atoms with Gasteiger partial charge >= 0.3 is 5.97 Å². The molecule has 1 amide bonds. The van der Waals surface area contributed by atoms with Crippen molar-refractivity contribution in [3.63, 3.8) is 0 Å². The van der Waals surface area contributed by atoms with Crippen LogP contribution in [0.25, 0.3) is 0 Å². The second-order valence-corrected chi connectivity index (χ2v) is 6.59. The molecule has 24 heavy (non-hydrogen) atoms. The molecular formula is C16H21N5O3. The average Bonchev–Trinajstić information content (AvgIpc) is 3.27. The van der Waals surface area contributed by atoms with Crippen LogP contribution in [0.1, 0.15) is 56.1 Å². The quantitative estimate of drug-likeness (QED) is 0.875. The number of carbonyl (C=O) groups excluding carboxylic acids is 1. The molecule has 0 radical (unpaired) electrons. The molecule has 0 aromatic carbocycles. The number of nitrogens with one attached hydrogen (secondary N) is 1. The van der Waals surface area contributed by atoms with E-state index in [1.165, 1.54) is 17.1 Å². The van der Waals surface area contributed by atoms with E-state index in [2.05, 4.69) is 15.5 Å². The lowest BCUT2D eigenvalue weighted by Gasteiger charge is -2.19. The SMILES string of the molecule is CC(C)(C(=O)O)n1cc(NC(=O)c2ccnn2C2CCCC2)cn1. The molecule has 1 saturated carbocycles. The number of rotatable bonds is 5. The Labute approximate surface area is 139 Å². The summed E-state index contributed by atoms with van der Waals surface area (Å²) < 4.78 is 3.10. The summed E-state index contributed by atoms with van der Waals surface area (Å²) in [4.78, 5) is 23.8. The Morgan fingerprint density at radius 1 is 1.29 bits per heavy atom. The van der Waals surface area contributed by atoms with Crippen molar-refractivity contribution < 1.29 is 14.7 Å². The van der Waals surface area contributed by atoms with Crippen molar-refractivity contribution in [2.45, 2.75) is 51.1 Å². The van der Waals surface area contributed by atoms with Crippen LogP contribution in [0.15, 0.2) is 24.7 Å². The van der Waals surface area contributed by atoms with E-state index < -0.39 is 11.5 Å². The Hall–Kier alpha value is -2.64. The number of nitrogens with zero attached hydrogens (tertiary/aromatic N) is 4. The van der Waals surface area contributed by atoms with Crippen LogP contribution >= 0.6 is 0 Å². The van der Waals surface area contributed by atoms with E-state index in [-0.39, 0.29) is 11.9 Å². The van der Waals surface area contributed by atoms with Crippen molar-refractivity contribution in [2.24, 2.45) is 0 Å². The topological polar surface area (TPSA) is 102 Å². The Morgan fingerprint density at radius 2 is 2.00 bits per heavy atom. The zero-order valence-corrected chi connectivity index (χ0v) is 13.8. The minimum Gasteiger partial charge on any atom is -0.479 e. The van der Waals surface area contributed by atoms with Crippen LogP contribution in [0.4, 0.5) is 5.69 Å². The van der Waals surface area contributed by atoms with Gasteiger partial charge in [0.15, 0.2) is 5.54 Å². The number of amides is 1. The molecule has 1 aliphatic carbocycles. The summed E-state index contributed by atoms with van der Waals surface area (Å²) in [6.07, 6.45) is 8.97. The molecule has 0 saturated heterocycles. The number of carboxylic acid groups (broad SMARTS) is 1. The zero-order valence-electron chi connectivity index (χ0n) is 13.8. The smallest absolute Gasteiger partial charge is 0.331 e. The van der Waals surface area contributed by atoms with Gasteiger partial charge < -0.3 is 10.4 Å². The fourth-order valence-corrected chi connectivity index (χ4v) is 2.92. The number of carbonyl (C=O) groups is 2. The predicted molar refractivity (Wildman–Crippen MR) is 86.9 cm³/mol. The molecule has 0 bridgehead atoms. The molecule has 2 N–H and O–H groups in total. The highest BCUT2D eigenvalue weighted by molar-refractivity contribution is 6.02. The third-order valence-corrected chi connectivity index (χ3v) is 4.51. The number of hydrogen-bond donors (Lipinski definition) is 2. The first-order chi connectivity index (χ1) is 11.4. The summed E-state index contributed by atoms with van der Waals surface area (Å²) in [6.45, 7) is 3.09. The van der Waals surface area contributed by atoms with Crippen LogP contribution in [-0.4, -0.2) is 36.5 Å². The Bertz CT molecular complexity index is 755. The molecule has 1 aliphatic rings. The minimum absolute atomic E-state index is 0.271. The normalized spacial score (nSPS) is 15.6. The third kappa shape index (κ3) is 2.91. The monoisotopic (exact) mass is 331 g/mol. The minimum atomic E-state index is -1.19. The van der Waals surface area contributed by atoms with Gasteiger partial charge in [-0.2, -0.15) is 10.2 Å². The van der Waals surface area contributed by atoms with Crippen LogP contribution in [0.3, 0.4) is 0 Å². The molecule has 0 atom stereocenters. The van der Waals surface area contributed by atoms with Crippen molar-refractivity contribution >= 4 is 17.6 Å². The summed E-state index contributed by atoms with van der Waals surface area (Å²) in [6, 6.07) is 1.97. The van der Waals surface area contributed by atoms with Gasteiger partial charge in [-0.1, -0.05) is 12.8 Å². The molecule has 0 spiro atoms. The molecular weight excluding hydrogens is 310 g/mol. The van der Waals surface area contributed by atoms with Gasteiger partial charge in [-0.05, 0) is 32.8 Å². The van der Waals surface area contributed by atoms with E-state index >= 15 is 0 Å². The maximum atomic E-state index is 12.5. The Morgan fingerprint density at radius 3 is 2.67 bits per heavy atom. The van der Waals surface area contributed by atoms with Gasteiger partial charge in [-0.25, -0.2) is 4.79 Å². The van der Waals surface area contributed by atoms with Gasteiger partial charge in [-0.3, -0.25) is 14.2 Å². The second-order valence-electron chi connectivity index (χ2n) is 6.59. The summed E-state index contributed by atoms with van der Waals surface area (Å²) in [5.74, 6) is -1.27. The van der Waals surface area contributed by atoms with E-state index in [4.69, 9.17) is 0 Å². The average molecular weight is 331 g/mol. The van der Waals surface area contributed by atoms with Gasteiger partial charge in [0.2, 0.25) is 0 Å². The molecule has 8 nitrogen and oxygen atoms in total. The van der Waals surface area contributed by atoms with Gasteiger partial charge in [0.1, 0.15) is 5.69 Å². The van der Waals surface area contributed by atoms with Gasteiger partial charge in [0, 0.05) is 12.4 Å². The lowest BCUT2D eigenvalue weighted by Crippen LogP contribution is -2.35.